The first-order valence-electron chi connectivity index (χ1n) is 7.99. The number of nitrogens with zero attached hydrogens (tertiary/aromatic N) is 1. The van der Waals surface area contributed by atoms with E-state index in [0.29, 0.717) is 25.6 Å². The number of rotatable bonds is 6. The van der Waals surface area contributed by atoms with Gasteiger partial charge in [-0.25, -0.2) is 4.79 Å². The molecule has 23 heavy (non-hydrogen) atoms. The SMILES string of the molecule is CCNC(=NCCNCC1CCc2ccccc2O1)NC(N)=O. The number of carbonyl (C=O) groups excluding carboxylic acids is 1. The molecule has 1 aliphatic heterocycles. The summed E-state index contributed by atoms with van der Waals surface area (Å²) in [5.41, 5.74) is 6.37. The second-order valence-electron chi connectivity index (χ2n) is 5.34. The summed E-state index contributed by atoms with van der Waals surface area (Å²) in [5, 5.41) is 8.74. The van der Waals surface area contributed by atoms with Gasteiger partial charge in [-0.15, -0.1) is 0 Å². The van der Waals surface area contributed by atoms with Crippen LogP contribution in [0.1, 0.15) is 18.9 Å². The second kappa shape index (κ2) is 8.99. The van der Waals surface area contributed by atoms with Gasteiger partial charge in [0.05, 0.1) is 6.54 Å². The highest BCUT2D eigenvalue weighted by Gasteiger charge is 2.18. The topological polar surface area (TPSA) is 101 Å². The van der Waals surface area contributed by atoms with Gasteiger partial charge in [0.1, 0.15) is 11.9 Å². The van der Waals surface area contributed by atoms with Gasteiger partial charge in [0.2, 0.25) is 0 Å². The summed E-state index contributed by atoms with van der Waals surface area (Å²) in [6.07, 6.45) is 2.25. The zero-order chi connectivity index (χ0) is 16.5. The van der Waals surface area contributed by atoms with E-state index in [9.17, 15) is 4.79 Å². The maximum atomic E-state index is 10.8. The highest BCUT2D eigenvalue weighted by molar-refractivity contribution is 5.95. The van der Waals surface area contributed by atoms with Crippen LogP contribution < -0.4 is 26.4 Å². The quantitative estimate of drug-likeness (QED) is 0.350. The average Bonchev–Trinajstić information content (AvgIpc) is 2.54. The first-order chi connectivity index (χ1) is 11.2. The molecular weight excluding hydrogens is 294 g/mol. The molecule has 0 aromatic heterocycles. The number of primary amides is 1. The number of aryl methyl sites for hydroxylation is 1. The molecule has 1 aromatic carbocycles. The maximum absolute atomic E-state index is 10.8. The summed E-state index contributed by atoms with van der Waals surface area (Å²) in [6.45, 7) is 4.63. The molecule has 7 nitrogen and oxygen atoms in total. The molecular formula is C16H25N5O2. The zero-order valence-electron chi connectivity index (χ0n) is 13.5. The number of amides is 2. The Hall–Kier alpha value is -2.28. The molecule has 1 aliphatic rings. The van der Waals surface area contributed by atoms with Crippen molar-refractivity contribution in [3.8, 4) is 5.75 Å². The Morgan fingerprint density at radius 3 is 3.04 bits per heavy atom. The molecule has 1 unspecified atom stereocenters. The number of urea groups is 1. The van der Waals surface area contributed by atoms with Crippen molar-refractivity contribution in [2.45, 2.75) is 25.9 Å². The molecule has 1 atom stereocenters. The lowest BCUT2D eigenvalue weighted by Gasteiger charge is -2.26. The molecule has 2 rings (SSSR count). The van der Waals surface area contributed by atoms with Gasteiger partial charge in [-0.2, -0.15) is 0 Å². The first-order valence-corrected chi connectivity index (χ1v) is 7.99. The summed E-state index contributed by atoms with van der Waals surface area (Å²) in [5.74, 6) is 1.40. The summed E-state index contributed by atoms with van der Waals surface area (Å²) in [4.78, 5) is 15.1. The van der Waals surface area contributed by atoms with Crippen LogP contribution in [-0.4, -0.2) is 44.3 Å². The minimum Gasteiger partial charge on any atom is -0.489 e. The van der Waals surface area contributed by atoms with E-state index in [-0.39, 0.29) is 6.10 Å². The zero-order valence-corrected chi connectivity index (χ0v) is 13.5. The third-order valence-electron chi connectivity index (χ3n) is 3.52. The van der Waals surface area contributed by atoms with Crippen LogP contribution in [0.4, 0.5) is 4.79 Å². The van der Waals surface area contributed by atoms with E-state index in [0.717, 1.165) is 25.1 Å². The Balaban J connectivity index is 1.68. The van der Waals surface area contributed by atoms with E-state index in [1.54, 1.807) is 0 Å². The maximum Gasteiger partial charge on any atom is 0.318 e. The predicted molar refractivity (Wildman–Crippen MR) is 90.7 cm³/mol. The number of hydrogen-bond acceptors (Lipinski definition) is 4. The summed E-state index contributed by atoms with van der Waals surface area (Å²) >= 11 is 0. The van der Waals surface area contributed by atoms with Crippen LogP contribution in [0.15, 0.2) is 29.3 Å². The molecule has 0 aliphatic carbocycles. The van der Waals surface area contributed by atoms with Crippen LogP contribution in [0.2, 0.25) is 0 Å². The van der Waals surface area contributed by atoms with Crippen molar-refractivity contribution in [3.63, 3.8) is 0 Å². The predicted octanol–water partition coefficient (Wildman–Crippen LogP) is 0.604. The van der Waals surface area contributed by atoms with Crippen molar-refractivity contribution in [2.75, 3.05) is 26.2 Å². The van der Waals surface area contributed by atoms with Gasteiger partial charge in [-0.3, -0.25) is 10.3 Å². The Bertz CT molecular complexity index is 547. The Morgan fingerprint density at radius 2 is 2.26 bits per heavy atom. The van der Waals surface area contributed by atoms with Crippen molar-refractivity contribution in [1.29, 1.82) is 0 Å². The second-order valence-corrected chi connectivity index (χ2v) is 5.34. The van der Waals surface area contributed by atoms with Crippen molar-refractivity contribution >= 4 is 12.0 Å². The number of benzene rings is 1. The van der Waals surface area contributed by atoms with E-state index in [1.807, 2.05) is 25.1 Å². The summed E-state index contributed by atoms with van der Waals surface area (Å²) < 4.78 is 5.97. The molecule has 0 radical (unpaired) electrons. The molecule has 126 valence electrons. The molecule has 2 amide bonds. The summed E-state index contributed by atoms with van der Waals surface area (Å²) in [7, 11) is 0. The number of nitrogens with two attached hydrogens (primary N) is 1. The van der Waals surface area contributed by atoms with E-state index in [4.69, 9.17) is 10.5 Å². The van der Waals surface area contributed by atoms with Gasteiger partial charge < -0.3 is 21.1 Å². The number of hydrogen-bond donors (Lipinski definition) is 4. The molecule has 1 aromatic rings. The molecule has 5 N–H and O–H groups in total. The highest BCUT2D eigenvalue weighted by Crippen LogP contribution is 2.26. The van der Waals surface area contributed by atoms with Crippen LogP contribution in [0.25, 0.3) is 0 Å². The van der Waals surface area contributed by atoms with Crippen LogP contribution in [0.5, 0.6) is 5.75 Å². The monoisotopic (exact) mass is 319 g/mol. The molecule has 0 saturated carbocycles. The lowest BCUT2D eigenvalue weighted by molar-refractivity contribution is 0.171. The minimum absolute atomic E-state index is 0.186. The van der Waals surface area contributed by atoms with Crippen LogP contribution >= 0.6 is 0 Å². The van der Waals surface area contributed by atoms with E-state index >= 15 is 0 Å². The lowest BCUT2D eigenvalue weighted by Crippen LogP contribution is -2.44. The molecule has 0 fully saturated rings. The molecule has 0 saturated heterocycles. The number of guanidine groups is 1. The highest BCUT2D eigenvalue weighted by atomic mass is 16.5. The smallest absolute Gasteiger partial charge is 0.318 e. The van der Waals surface area contributed by atoms with Crippen molar-refractivity contribution < 1.29 is 9.53 Å². The van der Waals surface area contributed by atoms with Crippen LogP contribution in [-0.2, 0) is 6.42 Å². The van der Waals surface area contributed by atoms with Crippen LogP contribution in [0, 0.1) is 0 Å². The van der Waals surface area contributed by atoms with Gasteiger partial charge in [0.25, 0.3) is 0 Å². The van der Waals surface area contributed by atoms with Gasteiger partial charge >= 0.3 is 6.03 Å². The molecule has 1 heterocycles. The van der Waals surface area contributed by atoms with Gasteiger partial charge in [-0.1, -0.05) is 18.2 Å². The molecule has 7 heteroatoms. The van der Waals surface area contributed by atoms with Crippen molar-refractivity contribution in [1.82, 2.24) is 16.0 Å². The standard InChI is InChI=1S/C16H25N5O2/c1-2-19-16(21-15(17)22)20-10-9-18-11-13-8-7-12-5-3-4-6-14(12)23-13/h3-6,13,18H,2,7-11H2,1H3,(H4,17,19,20,21,22). The number of ether oxygens (including phenoxy) is 1. The fourth-order valence-corrected chi connectivity index (χ4v) is 2.46. The average molecular weight is 319 g/mol. The number of fused-ring (bicyclic) bond motifs is 1. The van der Waals surface area contributed by atoms with E-state index in [2.05, 4.69) is 27.0 Å². The van der Waals surface area contributed by atoms with Crippen LogP contribution in [0.3, 0.4) is 0 Å². The van der Waals surface area contributed by atoms with Crippen molar-refractivity contribution in [2.24, 2.45) is 10.7 Å². The largest absolute Gasteiger partial charge is 0.489 e. The third-order valence-corrected chi connectivity index (χ3v) is 3.52. The Labute approximate surface area is 136 Å². The lowest BCUT2D eigenvalue weighted by atomic mass is 10.0. The fourth-order valence-electron chi connectivity index (χ4n) is 2.46. The molecule has 0 bridgehead atoms. The van der Waals surface area contributed by atoms with E-state index < -0.39 is 6.03 Å². The Morgan fingerprint density at radius 1 is 1.43 bits per heavy atom. The van der Waals surface area contributed by atoms with Gasteiger partial charge in [0, 0.05) is 19.6 Å². The van der Waals surface area contributed by atoms with E-state index in [1.165, 1.54) is 5.56 Å². The normalized spacial score (nSPS) is 17.1. The number of para-hydroxylation sites is 1. The minimum atomic E-state index is -0.619. The molecule has 0 spiro atoms. The first kappa shape index (κ1) is 17.1. The van der Waals surface area contributed by atoms with Gasteiger partial charge in [-0.05, 0) is 31.4 Å². The number of nitrogens with one attached hydrogen (secondary N) is 3. The Kier molecular flexibility index (Phi) is 6.68. The number of carbonyl (C=O) groups is 1. The number of aliphatic imine (C=N–C) groups is 1. The third kappa shape index (κ3) is 5.78. The van der Waals surface area contributed by atoms with Crippen molar-refractivity contribution in [3.05, 3.63) is 29.8 Å². The summed E-state index contributed by atoms with van der Waals surface area (Å²) in [6, 6.07) is 7.55. The van der Waals surface area contributed by atoms with Gasteiger partial charge in [0.15, 0.2) is 5.96 Å². The fraction of sp³-hybridized carbons (Fsp3) is 0.500.